The zero-order valence-corrected chi connectivity index (χ0v) is 15.0. The van der Waals surface area contributed by atoms with Crippen molar-refractivity contribution in [3.05, 3.63) is 40.1 Å². The number of imide groups is 1. The second kappa shape index (κ2) is 5.77. The van der Waals surface area contributed by atoms with E-state index >= 15 is 0 Å². The summed E-state index contributed by atoms with van der Waals surface area (Å²) >= 11 is 12.0. The van der Waals surface area contributed by atoms with E-state index in [1.165, 1.54) is 6.33 Å². The van der Waals surface area contributed by atoms with E-state index in [4.69, 9.17) is 27.9 Å². The van der Waals surface area contributed by atoms with Gasteiger partial charge in [0.25, 0.3) is 5.95 Å². The normalized spacial score (nSPS) is 29.7. The first kappa shape index (κ1) is 16.2. The predicted molar refractivity (Wildman–Crippen MR) is 93.0 cm³/mol. The summed E-state index contributed by atoms with van der Waals surface area (Å²) in [6.07, 6.45) is 2.86. The fourth-order valence-corrected chi connectivity index (χ4v) is 4.52. The molecular weight excluding hydrogens is 379 g/mol. The Bertz CT molecular complexity index is 902. The molecule has 2 amide bonds. The number of amides is 2. The molecule has 3 saturated heterocycles. The molecular formula is C17H14Cl2N4O3. The van der Waals surface area contributed by atoms with Gasteiger partial charge >= 0.3 is 0 Å². The molecule has 1 aromatic carbocycles. The number of hydrogen-bond donors (Lipinski definition) is 0. The number of halogens is 2. The van der Waals surface area contributed by atoms with Crippen molar-refractivity contribution in [2.75, 3.05) is 4.90 Å². The second-order valence-electron chi connectivity index (χ2n) is 6.84. The van der Waals surface area contributed by atoms with Crippen molar-refractivity contribution in [2.45, 2.75) is 31.6 Å². The SMILES string of the molecule is O=C1[C@@H]2[C@@H](C(=O)N1c1ncn(Cc3ccc(Cl)c(Cl)c3)n1)[C@@H]1CC[C@@H]2O1. The Morgan fingerprint density at radius 3 is 2.42 bits per heavy atom. The van der Waals surface area contributed by atoms with Crippen LogP contribution in [0.3, 0.4) is 0 Å². The number of rotatable bonds is 3. The minimum atomic E-state index is -0.386. The van der Waals surface area contributed by atoms with Gasteiger partial charge in [-0.15, -0.1) is 5.10 Å². The number of aromatic nitrogens is 3. The van der Waals surface area contributed by atoms with E-state index in [-0.39, 0.29) is 41.8 Å². The van der Waals surface area contributed by atoms with Crippen LogP contribution in [0, 0.1) is 11.8 Å². The maximum absolute atomic E-state index is 12.7. The van der Waals surface area contributed by atoms with Gasteiger partial charge in [-0.2, -0.15) is 4.98 Å². The van der Waals surface area contributed by atoms with Crippen LogP contribution in [0.4, 0.5) is 5.95 Å². The average Bonchev–Trinajstić information content (AvgIpc) is 3.36. The largest absolute Gasteiger partial charge is 0.373 e. The van der Waals surface area contributed by atoms with Gasteiger partial charge < -0.3 is 4.74 Å². The van der Waals surface area contributed by atoms with Crippen LogP contribution in [0.5, 0.6) is 0 Å². The lowest BCUT2D eigenvalue weighted by Gasteiger charge is -2.14. The van der Waals surface area contributed by atoms with Gasteiger partial charge in [0.05, 0.1) is 40.6 Å². The molecule has 2 aromatic rings. The van der Waals surface area contributed by atoms with Gasteiger partial charge in [0.2, 0.25) is 11.8 Å². The van der Waals surface area contributed by atoms with Crippen LogP contribution in [0.25, 0.3) is 0 Å². The third-order valence-electron chi connectivity index (χ3n) is 5.34. The number of fused-ring (bicyclic) bond motifs is 5. The van der Waals surface area contributed by atoms with Crippen LogP contribution in [-0.4, -0.2) is 38.8 Å². The quantitative estimate of drug-likeness (QED) is 0.748. The Hall–Kier alpha value is -1.96. The highest BCUT2D eigenvalue weighted by atomic mass is 35.5. The monoisotopic (exact) mass is 392 g/mol. The molecule has 0 spiro atoms. The highest BCUT2D eigenvalue weighted by Crippen LogP contribution is 2.48. The molecule has 3 aliphatic rings. The van der Waals surface area contributed by atoms with Crippen molar-refractivity contribution in [2.24, 2.45) is 11.8 Å². The van der Waals surface area contributed by atoms with Gasteiger partial charge in [-0.25, -0.2) is 9.58 Å². The van der Waals surface area contributed by atoms with Gasteiger partial charge in [-0.1, -0.05) is 29.3 Å². The summed E-state index contributed by atoms with van der Waals surface area (Å²) in [6.45, 7) is 0.404. The molecule has 0 unspecified atom stereocenters. The summed E-state index contributed by atoms with van der Waals surface area (Å²) in [5.41, 5.74) is 0.887. The van der Waals surface area contributed by atoms with Crippen LogP contribution in [0.2, 0.25) is 10.0 Å². The van der Waals surface area contributed by atoms with E-state index in [0.29, 0.717) is 16.6 Å². The minimum Gasteiger partial charge on any atom is -0.373 e. The molecule has 0 N–H and O–H groups in total. The Kier molecular flexibility index (Phi) is 3.60. The highest BCUT2D eigenvalue weighted by Gasteiger charge is 2.63. The van der Waals surface area contributed by atoms with E-state index < -0.39 is 0 Å². The first-order chi connectivity index (χ1) is 12.5. The van der Waals surface area contributed by atoms with E-state index in [9.17, 15) is 9.59 Å². The summed E-state index contributed by atoms with van der Waals surface area (Å²) in [4.78, 5) is 30.8. The summed E-state index contributed by atoms with van der Waals surface area (Å²) in [7, 11) is 0. The van der Waals surface area contributed by atoms with E-state index in [2.05, 4.69) is 10.1 Å². The maximum Gasteiger partial charge on any atom is 0.258 e. The van der Waals surface area contributed by atoms with Crippen LogP contribution in [0.1, 0.15) is 18.4 Å². The third-order valence-corrected chi connectivity index (χ3v) is 6.08. The van der Waals surface area contributed by atoms with E-state index in [1.807, 2.05) is 6.07 Å². The fraction of sp³-hybridized carbons (Fsp3) is 0.412. The Morgan fingerprint density at radius 1 is 1.08 bits per heavy atom. The van der Waals surface area contributed by atoms with Crippen LogP contribution < -0.4 is 4.90 Å². The third kappa shape index (κ3) is 2.31. The molecule has 0 saturated carbocycles. The lowest BCUT2D eigenvalue weighted by atomic mass is 9.81. The summed E-state index contributed by atoms with van der Waals surface area (Å²) in [5, 5.41) is 5.25. The Morgan fingerprint density at radius 2 is 1.77 bits per heavy atom. The predicted octanol–water partition coefficient (Wildman–Crippen LogP) is 2.30. The number of benzene rings is 1. The van der Waals surface area contributed by atoms with Crippen LogP contribution >= 0.6 is 23.2 Å². The van der Waals surface area contributed by atoms with Crippen LogP contribution in [-0.2, 0) is 20.9 Å². The smallest absolute Gasteiger partial charge is 0.258 e. The van der Waals surface area contributed by atoms with Gasteiger partial charge in [0.15, 0.2) is 0 Å². The summed E-state index contributed by atoms with van der Waals surface area (Å²) in [6, 6.07) is 5.29. The number of nitrogens with zero attached hydrogens (tertiary/aromatic N) is 4. The Labute approximate surface area is 158 Å². The van der Waals surface area contributed by atoms with Gasteiger partial charge in [0.1, 0.15) is 6.33 Å². The first-order valence-electron chi connectivity index (χ1n) is 8.39. The molecule has 7 nitrogen and oxygen atoms in total. The Balaban J connectivity index is 1.39. The van der Waals surface area contributed by atoms with E-state index in [0.717, 1.165) is 23.3 Å². The average molecular weight is 393 g/mol. The lowest BCUT2D eigenvalue weighted by Crippen LogP contribution is -2.35. The first-order valence-corrected chi connectivity index (χ1v) is 9.15. The van der Waals surface area contributed by atoms with Gasteiger partial charge in [0, 0.05) is 0 Å². The number of carbonyl (C=O) groups is 2. The topological polar surface area (TPSA) is 77.3 Å². The van der Waals surface area contributed by atoms with Crippen molar-refractivity contribution in [3.8, 4) is 0 Å². The molecule has 134 valence electrons. The number of ether oxygens (including phenoxy) is 1. The fourth-order valence-electron chi connectivity index (χ4n) is 4.20. The summed E-state index contributed by atoms with van der Waals surface area (Å²) < 4.78 is 7.30. The standard InChI is InChI=1S/C17H14Cl2N4O3/c18-9-2-1-8(5-10(9)19)6-22-7-20-17(21-22)23-15(24)13-11-3-4-12(26-11)14(13)16(23)25/h1-2,5,7,11-14H,3-4,6H2/t11-,12-,13-,14-/m0/s1. The molecule has 5 rings (SSSR count). The maximum atomic E-state index is 12.7. The van der Waals surface area contributed by atoms with Crippen LogP contribution in [0.15, 0.2) is 24.5 Å². The zero-order chi connectivity index (χ0) is 18.0. The lowest BCUT2D eigenvalue weighted by molar-refractivity contribution is -0.124. The van der Waals surface area contributed by atoms with Crippen molar-refractivity contribution in [1.82, 2.24) is 14.8 Å². The van der Waals surface area contributed by atoms with Crippen molar-refractivity contribution in [1.29, 1.82) is 0 Å². The van der Waals surface area contributed by atoms with Crippen molar-refractivity contribution in [3.63, 3.8) is 0 Å². The molecule has 3 aliphatic heterocycles. The highest BCUT2D eigenvalue weighted by molar-refractivity contribution is 6.42. The minimum absolute atomic E-state index is 0.119. The molecule has 1 aromatic heterocycles. The molecule has 26 heavy (non-hydrogen) atoms. The molecule has 0 radical (unpaired) electrons. The molecule has 2 bridgehead atoms. The van der Waals surface area contributed by atoms with Gasteiger partial charge in [-0.05, 0) is 30.5 Å². The molecule has 4 heterocycles. The summed E-state index contributed by atoms with van der Waals surface area (Å²) in [5.74, 6) is -1.15. The zero-order valence-electron chi connectivity index (χ0n) is 13.5. The molecule has 9 heteroatoms. The number of hydrogen-bond acceptors (Lipinski definition) is 5. The van der Waals surface area contributed by atoms with Gasteiger partial charge in [-0.3, -0.25) is 9.59 Å². The number of anilines is 1. The van der Waals surface area contributed by atoms with Crippen molar-refractivity contribution >= 4 is 41.0 Å². The number of carbonyl (C=O) groups excluding carboxylic acids is 2. The van der Waals surface area contributed by atoms with Crippen molar-refractivity contribution < 1.29 is 14.3 Å². The molecule has 4 atom stereocenters. The second-order valence-corrected chi connectivity index (χ2v) is 7.66. The molecule has 3 fully saturated rings. The van der Waals surface area contributed by atoms with E-state index in [1.54, 1.807) is 16.8 Å². The molecule has 0 aliphatic carbocycles.